The first-order valence-corrected chi connectivity index (χ1v) is 7.97. The number of sulfonamides is 1. The molecule has 1 aromatic heterocycles. The Morgan fingerprint density at radius 1 is 1.37 bits per heavy atom. The summed E-state index contributed by atoms with van der Waals surface area (Å²) in [5, 5.41) is 3.48. The summed E-state index contributed by atoms with van der Waals surface area (Å²) in [6, 6.07) is 1.76. The molecule has 19 heavy (non-hydrogen) atoms. The molecule has 108 valence electrons. The average Bonchev–Trinajstić information content (AvgIpc) is 2.79. The standard InChI is InChI=1S/C12H21N3O3S/c1-5-10(6-2)15-8-7-11(13-15)12(16)14-19(17,18)9(3)4/h7-10H,5-6H2,1-4H3,(H,14,16). The first kappa shape index (κ1) is 15.7. The molecule has 0 saturated carbocycles. The van der Waals surface area contributed by atoms with Crippen molar-refractivity contribution in [3.8, 4) is 0 Å². The van der Waals surface area contributed by atoms with Gasteiger partial charge in [0.25, 0.3) is 5.91 Å². The summed E-state index contributed by atoms with van der Waals surface area (Å²) in [7, 11) is -3.62. The fraction of sp³-hybridized carbons (Fsp3) is 0.667. The maximum Gasteiger partial charge on any atom is 0.285 e. The van der Waals surface area contributed by atoms with Crippen molar-refractivity contribution in [2.24, 2.45) is 0 Å². The van der Waals surface area contributed by atoms with Crippen LogP contribution in [0.2, 0.25) is 0 Å². The van der Waals surface area contributed by atoms with Gasteiger partial charge in [-0.1, -0.05) is 13.8 Å². The third-order valence-corrected chi connectivity index (χ3v) is 4.72. The zero-order chi connectivity index (χ0) is 14.6. The fourth-order valence-electron chi connectivity index (χ4n) is 1.62. The molecule has 6 nitrogen and oxygen atoms in total. The lowest BCUT2D eigenvalue weighted by molar-refractivity contribution is 0.0975. The molecule has 0 bridgehead atoms. The first-order valence-electron chi connectivity index (χ1n) is 6.42. The summed E-state index contributed by atoms with van der Waals surface area (Å²) in [6.07, 6.45) is 3.52. The van der Waals surface area contributed by atoms with Crippen molar-refractivity contribution in [2.75, 3.05) is 0 Å². The molecule has 0 fully saturated rings. The zero-order valence-electron chi connectivity index (χ0n) is 11.8. The molecule has 0 spiro atoms. The Morgan fingerprint density at radius 2 is 1.95 bits per heavy atom. The number of amides is 1. The lowest BCUT2D eigenvalue weighted by Gasteiger charge is -2.12. The molecular formula is C12H21N3O3S. The Bertz CT molecular complexity index is 530. The van der Waals surface area contributed by atoms with Gasteiger partial charge >= 0.3 is 0 Å². The van der Waals surface area contributed by atoms with Crippen LogP contribution in [0.5, 0.6) is 0 Å². The second-order valence-electron chi connectivity index (χ2n) is 4.68. The molecule has 0 radical (unpaired) electrons. The second-order valence-corrected chi connectivity index (χ2v) is 6.91. The zero-order valence-corrected chi connectivity index (χ0v) is 12.6. The largest absolute Gasteiger partial charge is 0.285 e. The van der Waals surface area contributed by atoms with E-state index in [1.165, 1.54) is 19.9 Å². The maximum atomic E-state index is 11.8. The summed E-state index contributed by atoms with van der Waals surface area (Å²) in [5.41, 5.74) is 0.121. The van der Waals surface area contributed by atoms with Gasteiger partial charge in [0.05, 0.1) is 11.3 Å². The molecule has 0 aromatic carbocycles. The van der Waals surface area contributed by atoms with Gasteiger partial charge in [0.15, 0.2) is 5.69 Å². The van der Waals surface area contributed by atoms with Crippen LogP contribution in [-0.2, 0) is 10.0 Å². The molecule has 0 unspecified atom stereocenters. The Labute approximate surface area is 114 Å². The van der Waals surface area contributed by atoms with Gasteiger partial charge in [0, 0.05) is 6.20 Å². The van der Waals surface area contributed by atoms with Gasteiger partial charge < -0.3 is 0 Å². The van der Waals surface area contributed by atoms with E-state index in [9.17, 15) is 13.2 Å². The Kier molecular flexibility index (Phi) is 5.11. The highest BCUT2D eigenvalue weighted by atomic mass is 32.2. The van der Waals surface area contributed by atoms with Crippen molar-refractivity contribution in [2.45, 2.75) is 51.8 Å². The Morgan fingerprint density at radius 3 is 2.42 bits per heavy atom. The van der Waals surface area contributed by atoms with Crippen LogP contribution < -0.4 is 4.72 Å². The topological polar surface area (TPSA) is 81.1 Å². The summed E-state index contributed by atoms with van der Waals surface area (Å²) in [6.45, 7) is 7.11. The van der Waals surface area contributed by atoms with E-state index in [0.717, 1.165) is 12.8 Å². The molecule has 0 atom stereocenters. The van der Waals surface area contributed by atoms with Crippen molar-refractivity contribution < 1.29 is 13.2 Å². The fourth-order valence-corrected chi connectivity index (χ4v) is 2.22. The number of hydrogen-bond donors (Lipinski definition) is 1. The predicted octanol–water partition coefficient (Wildman–Crippen LogP) is 1.71. The highest BCUT2D eigenvalue weighted by Crippen LogP contribution is 2.14. The van der Waals surface area contributed by atoms with Crippen LogP contribution in [0.4, 0.5) is 0 Å². The minimum Gasteiger partial charge on any atom is -0.269 e. The second kappa shape index (κ2) is 6.18. The van der Waals surface area contributed by atoms with Crippen LogP contribution >= 0.6 is 0 Å². The monoisotopic (exact) mass is 287 g/mol. The highest BCUT2D eigenvalue weighted by Gasteiger charge is 2.21. The molecule has 7 heteroatoms. The highest BCUT2D eigenvalue weighted by molar-refractivity contribution is 7.90. The average molecular weight is 287 g/mol. The van der Waals surface area contributed by atoms with Crippen LogP contribution in [0, 0.1) is 0 Å². The Balaban J connectivity index is 2.85. The van der Waals surface area contributed by atoms with E-state index in [1.807, 2.05) is 18.6 Å². The van der Waals surface area contributed by atoms with Gasteiger partial charge in [-0.25, -0.2) is 13.1 Å². The SMILES string of the molecule is CCC(CC)n1ccc(C(=O)NS(=O)(=O)C(C)C)n1. The predicted molar refractivity (Wildman–Crippen MR) is 73.4 cm³/mol. The van der Waals surface area contributed by atoms with E-state index in [2.05, 4.69) is 5.10 Å². The minimum absolute atomic E-state index is 0.121. The molecule has 1 N–H and O–H groups in total. The van der Waals surface area contributed by atoms with Crippen molar-refractivity contribution in [1.29, 1.82) is 0 Å². The quantitative estimate of drug-likeness (QED) is 0.863. The van der Waals surface area contributed by atoms with Crippen LogP contribution in [-0.4, -0.2) is 29.4 Å². The molecule has 0 aliphatic heterocycles. The van der Waals surface area contributed by atoms with E-state index in [1.54, 1.807) is 10.9 Å². The van der Waals surface area contributed by atoms with Crippen molar-refractivity contribution in [1.82, 2.24) is 14.5 Å². The molecule has 0 aliphatic rings. The Hall–Kier alpha value is -1.37. The van der Waals surface area contributed by atoms with E-state index in [4.69, 9.17) is 0 Å². The number of nitrogens with one attached hydrogen (secondary N) is 1. The minimum atomic E-state index is -3.62. The van der Waals surface area contributed by atoms with Crippen molar-refractivity contribution in [3.63, 3.8) is 0 Å². The molecule has 1 amide bonds. The van der Waals surface area contributed by atoms with E-state index >= 15 is 0 Å². The van der Waals surface area contributed by atoms with Crippen LogP contribution in [0.15, 0.2) is 12.3 Å². The van der Waals surface area contributed by atoms with E-state index in [-0.39, 0.29) is 11.7 Å². The smallest absolute Gasteiger partial charge is 0.269 e. The van der Waals surface area contributed by atoms with Gasteiger partial charge in [-0.15, -0.1) is 0 Å². The van der Waals surface area contributed by atoms with E-state index in [0.29, 0.717) is 0 Å². The molecule has 0 aliphatic carbocycles. The number of hydrogen-bond acceptors (Lipinski definition) is 4. The van der Waals surface area contributed by atoms with Crippen LogP contribution in [0.1, 0.15) is 57.1 Å². The number of carbonyl (C=O) groups excluding carboxylic acids is 1. The first-order chi connectivity index (χ1) is 8.81. The molecule has 1 aromatic rings. The van der Waals surface area contributed by atoms with Gasteiger partial charge in [-0.05, 0) is 32.8 Å². The normalized spacial score (nSPS) is 12.1. The van der Waals surface area contributed by atoms with Gasteiger partial charge in [-0.3, -0.25) is 9.48 Å². The number of aromatic nitrogens is 2. The van der Waals surface area contributed by atoms with Crippen molar-refractivity contribution >= 4 is 15.9 Å². The summed E-state index contributed by atoms with van der Waals surface area (Å²) in [5.74, 6) is -0.682. The summed E-state index contributed by atoms with van der Waals surface area (Å²) >= 11 is 0. The number of carbonyl (C=O) groups is 1. The summed E-state index contributed by atoms with van der Waals surface area (Å²) < 4.78 is 26.9. The summed E-state index contributed by atoms with van der Waals surface area (Å²) in [4.78, 5) is 11.8. The third-order valence-electron chi connectivity index (χ3n) is 3.01. The van der Waals surface area contributed by atoms with Crippen LogP contribution in [0.25, 0.3) is 0 Å². The van der Waals surface area contributed by atoms with Gasteiger partial charge in [0.1, 0.15) is 0 Å². The molecule has 1 heterocycles. The lowest BCUT2D eigenvalue weighted by Crippen LogP contribution is -2.36. The maximum absolute atomic E-state index is 11.8. The van der Waals surface area contributed by atoms with E-state index < -0.39 is 21.2 Å². The number of nitrogens with zero attached hydrogens (tertiary/aromatic N) is 2. The molecule has 1 rings (SSSR count). The molecular weight excluding hydrogens is 266 g/mol. The van der Waals surface area contributed by atoms with Crippen molar-refractivity contribution in [3.05, 3.63) is 18.0 Å². The van der Waals surface area contributed by atoms with Gasteiger partial charge in [0.2, 0.25) is 10.0 Å². The van der Waals surface area contributed by atoms with Gasteiger partial charge in [-0.2, -0.15) is 5.10 Å². The van der Waals surface area contributed by atoms with Crippen LogP contribution in [0.3, 0.4) is 0 Å². The number of rotatable bonds is 6. The lowest BCUT2D eigenvalue weighted by atomic mass is 10.2. The molecule has 0 saturated heterocycles. The third kappa shape index (κ3) is 3.79.